The highest BCUT2D eigenvalue weighted by Crippen LogP contribution is 2.24. The van der Waals surface area contributed by atoms with Crippen molar-refractivity contribution in [3.05, 3.63) is 96.1 Å². The van der Waals surface area contributed by atoms with Gasteiger partial charge in [0.05, 0.1) is 11.2 Å². The molecule has 1 aromatic heterocycles. The predicted molar refractivity (Wildman–Crippen MR) is 106 cm³/mol. The molecule has 1 amide bonds. The Morgan fingerprint density at radius 1 is 0.846 bits per heavy atom. The highest BCUT2D eigenvalue weighted by Gasteiger charge is 2.07. The van der Waals surface area contributed by atoms with Crippen LogP contribution in [-0.4, -0.2) is 10.9 Å². The lowest BCUT2D eigenvalue weighted by molar-refractivity contribution is 0.102. The highest BCUT2D eigenvalue weighted by atomic mass is 16.1. The van der Waals surface area contributed by atoms with Crippen molar-refractivity contribution in [3.8, 4) is 11.3 Å². The quantitative estimate of drug-likeness (QED) is 0.539. The summed E-state index contributed by atoms with van der Waals surface area (Å²) in [5, 5.41) is 4.07. The molecular weight excluding hydrogens is 320 g/mol. The van der Waals surface area contributed by atoms with Gasteiger partial charge in [0.15, 0.2) is 0 Å². The highest BCUT2D eigenvalue weighted by molar-refractivity contribution is 6.04. The minimum absolute atomic E-state index is 0.117. The van der Waals surface area contributed by atoms with Gasteiger partial charge in [0.1, 0.15) is 0 Å². The van der Waals surface area contributed by atoms with E-state index in [9.17, 15) is 4.79 Å². The molecule has 0 aliphatic carbocycles. The van der Waals surface area contributed by atoms with E-state index in [0.717, 1.165) is 33.4 Å². The molecule has 126 valence electrons. The van der Waals surface area contributed by atoms with Gasteiger partial charge in [-0.3, -0.25) is 4.79 Å². The normalized spacial score (nSPS) is 10.7. The molecule has 0 radical (unpaired) electrons. The van der Waals surface area contributed by atoms with Gasteiger partial charge in [-0.2, -0.15) is 0 Å². The molecule has 0 unspecified atom stereocenters. The van der Waals surface area contributed by atoms with E-state index >= 15 is 0 Å². The Hall–Kier alpha value is -3.46. The zero-order valence-corrected chi connectivity index (χ0v) is 14.4. The average Bonchev–Trinajstić information content (AvgIpc) is 2.68. The molecule has 4 rings (SSSR count). The molecule has 1 N–H and O–H groups in total. The SMILES string of the molecule is Cc1ccc(C(=O)Nc2cccc(-c3ccc4ccccc4n3)c2)cc1. The first-order valence-electron chi connectivity index (χ1n) is 8.53. The molecule has 3 heteroatoms. The zero-order chi connectivity index (χ0) is 17.9. The Morgan fingerprint density at radius 3 is 2.50 bits per heavy atom. The molecule has 4 aromatic rings. The maximum absolute atomic E-state index is 12.4. The van der Waals surface area contributed by atoms with E-state index in [-0.39, 0.29) is 5.91 Å². The lowest BCUT2D eigenvalue weighted by Crippen LogP contribution is -2.11. The maximum atomic E-state index is 12.4. The van der Waals surface area contributed by atoms with Crippen LogP contribution in [0.4, 0.5) is 5.69 Å². The summed E-state index contributed by atoms with van der Waals surface area (Å²) < 4.78 is 0. The first-order valence-corrected chi connectivity index (χ1v) is 8.53. The topological polar surface area (TPSA) is 42.0 Å². The molecule has 0 fully saturated rings. The molecule has 0 spiro atoms. The van der Waals surface area contributed by atoms with Crippen LogP contribution in [0.2, 0.25) is 0 Å². The van der Waals surface area contributed by atoms with Crippen LogP contribution in [-0.2, 0) is 0 Å². The summed E-state index contributed by atoms with van der Waals surface area (Å²) >= 11 is 0. The lowest BCUT2D eigenvalue weighted by Gasteiger charge is -2.08. The number of nitrogens with zero attached hydrogens (tertiary/aromatic N) is 1. The summed E-state index contributed by atoms with van der Waals surface area (Å²) in [6, 6.07) is 27.4. The average molecular weight is 338 g/mol. The minimum atomic E-state index is -0.117. The Bertz CT molecular complexity index is 1080. The second-order valence-electron chi connectivity index (χ2n) is 6.29. The summed E-state index contributed by atoms with van der Waals surface area (Å²) in [4.78, 5) is 17.1. The lowest BCUT2D eigenvalue weighted by atomic mass is 10.1. The fraction of sp³-hybridized carbons (Fsp3) is 0.0435. The second-order valence-corrected chi connectivity index (χ2v) is 6.29. The number of carbonyl (C=O) groups is 1. The Balaban J connectivity index is 1.61. The van der Waals surface area contributed by atoms with Crippen molar-refractivity contribution in [1.29, 1.82) is 0 Å². The van der Waals surface area contributed by atoms with Crippen LogP contribution in [0.5, 0.6) is 0 Å². The number of aryl methyl sites for hydroxylation is 1. The number of hydrogen-bond acceptors (Lipinski definition) is 2. The first kappa shape index (κ1) is 16.0. The molecule has 1 heterocycles. The van der Waals surface area contributed by atoms with E-state index in [4.69, 9.17) is 4.98 Å². The number of nitrogens with one attached hydrogen (secondary N) is 1. The Labute approximate surface area is 152 Å². The smallest absolute Gasteiger partial charge is 0.255 e. The maximum Gasteiger partial charge on any atom is 0.255 e. The van der Waals surface area contributed by atoms with Gasteiger partial charge < -0.3 is 5.32 Å². The number of anilines is 1. The number of fused-ring (bicyclic) bond motifs is 1. The van der Waals surface area contributed by atoms with E-state index in [1.54, 1.807) is 0 Å². The van der Waals surface area contributed by atoms with Crippen LogP contribution in [0.25, 0.3) is 22.2 Å². The summed E-state index contributed by atoms with van der Waals surface area (Å²) in [7, 11) is 0. The third-order valence-corrected chi connectivity index (χ3v) is 4.33. The second kappa shape index (κ2) is 6.81. The predicted octanol–water partition coefficient (Wildman–Crippen LogP) is 5.46. The van der Waals surface area contributed by atoms with Crippen LogP contribution in [0.1, 0.15) is 15.9 Å². The molecule has 0 bridgehead atoms. The molecule has 0 saturated carbocycles. The van der Waals surface area contributed by atoms with Gasteiger partial charge in [0, 0.05) is 22.2 Å². The Kier molecular flexibility index (Phi) is 4.20. The van der Waals surface area contributed by atoms with E-state index in [2.05, 4.69) is 11.4 Å². The number of pyridine rings is 1. The van der Waals surface area contributed by atoms with Crippen LogP contribution in [0.15, 0.2) is 84.9 Å². The van der Waals surface area contributed by atoms with Crippen molar-refractivity contribution < 1.29 is 4.79 Å². The molecule has 0 aliphatic heterocycles. The first-order chi connectivity index (χ1) is 12.7. The Morgan fingerprint density at radius 2 is 1.65 bits per heavy atom. The summed E-state index contributed by atoms with van der Waals surface area (Å²) in [5.41, 5.74) is 5.34. The van der Waals surface area contributed by atoms with Crippen molar-refractivity contribution >= 4 is 22.5 Å². The van der Waals surface area contributed by atoms with Gasteiger partial charge in [-0.1, -0.05) is 54.1 Å². The summed E-state index contributed by atoms with van der Waals surface area (Å²) in [6.07, 6.45) is 0. The third-order valence-electron chi connectivity index (χ3n) is 4.33. The van der Waals surface area contributed by atoms with Crippen molar-refractivity contribution in [2.24, 2.45) is 0 Å². The summed E-state index contributed by atoms with van der Waals surface area (Å²) in [5.74, 6) is -0.117. The van der Waals surface area contributed by atoms with Crippen LogP contribution in [0, 0.1) is 6.92 Å². The number of hydrogen-bond donors (Lipinski definition) is 1. The molecular formula is C23H18N2O. The van der Waals surface area contributed by atoms with E-state index in [1.807, 2.05) is 85.8 Å². The van der Waals surface area contributed by atoms with Gasteiger partial charge in [-0.25, -0.2) is 4.98 Å². The summed E-state index contributed by atoms with van der Waals surface area (Å²) in [6.45, 7) is 2.00. The number of carbonyl (C=O) groups excluding carboxylic acids is 1. The van der Waals surface area contributed by atoms with Gasteiger partial charge in [-0.05, 0) is 43.3 Å². The van der Waals surface area contributed by atoms with Gasteiger partial charge in [-0.15, -0.1) is 0 Å². The van der Waals surface area contributed by atoms with Gasteiger partial charge in [0.25, 0.3) is 5.91 Å². The largest absolute Gasteiger partial charge is 0.322 e. The van der Waals surface area contributed by atoms with Crippen LogP contribution in [0.3, 0.4) is 0 Å². The fourth-order valence-electron chi connectivity index (χ4n) is 2.89. The van der Waals surface area contributed by atoms with E-state index < -0.39 is 0 Å². The van der Waals surface area contributed by atoms with Crippen molar-refractivity contribution in [3.63, 3.8) is 0 Å². The molecule has 0 aliphatic rings. The van der Waals surface area contributed by atoms with Crippen LogP contribution < -0.4 is 5.32 Å². The number of amides is 1. The number of aromatic nitrogens is 1. The van der Waals surface area contributed by atoms with Crippen molar-refractivity contribution in [2.75, 3.05) is 5.32 Å². The fourth-order valence-corrected chi connectivity index (χ4v) is 2.89. The monoisotopic (exact) mass is 338 g/mol. The number of rotatable bonds is 3. The van der Waals surface area contributed by atoms with Gasteiger partial charge in [0.2, 0.25) is 0 Å². The number of benzene rings is 3. The standard InChI is InChI=1S/C23H18N2O/c1-16-9-11-18(12-10-16)23(26)24-20-7-4-6-19(15-20)22-14-13-17-5-2-3-8-21(17)25-22/h2-15H,1H3,(H,24,26). The van der Waals surface area contributed by atoms with Crippen LogP contribution >= 0.6 is 0 Å². The molecule has 26 heavy (non-hydrogen) atoms. The molecule has 0 atom stereocenters. The third kappa shape index (κ3) is 3.33. The minimum Gasteiger partial charge on any atom is -0.322 e. The van der Waals surface area contributed by atoms with Crippen molar-refractivity contribution in [2.45, 2.75) is 6.92 Å². The number of para-hydroxylation sites is 1. The molecule has 3 nitrogen and oxygen atoms in total. The van der Waals surface area contributed by atoms with E-state index in [1.165, 1.54) is 0 Å². The van der Waals surface area contributed by atoms with Gasteiger partial charge >= 0.3 is 0 Å². The zero-order valence-electron chi connectivity index (χ0n) is 14.4. The van der Waals surface area contributed by atoms with Crippen molar-refractivity contribution in [1.82, 2.24) is 4.98 Å². The van der Waals surface area contributed by atoms with E-state index in [0.29, 0.717) is 5.56 Å². The molecule has 3 aromatic carbocycles. The molecule has 0 saturated heterocycles.